The molecule has 0 aromatic heterocycles. The summed E-state index contributed by atoms with van der Waals surface area (Å²) in [5.74, 6) is -0.675. The van der Waals surface area contributed by atoms with E-state index in [-0.39, 0.29) is 11.0 Å². The van der Waals surface area contributed by atoms with E-state index in [0.717, 1.165) is 5.56 Å². The van der Waals surface area contributed by atoms with Crippen LogP contribution in [0.25, 0.3) is 0 Å². The Labute approximate surface area is 120 Å². The number of sulfonamides is 1. The zero-order valence-electron chi connectivity index (χ0n) is 12.2. The highest BCUT2D eigenvalue weighted by Gasteiger charge is 2.36. The van der Waals surface area contributed by atoms with Gasteiger partial charge in [-0.1, -0.05) is 17.7 Å². The van der Waals surface area contributed by atoms with Crippen molar-refractivity contribution in [3.8, 4) is 0 Å². The van der Waals surface area contributed by atoms with Crippen LogP contribution in [0.15, 0.2) is 29.2 Å². The Balaban J connectivity index is 2.11. The Morgan fingerprint density at radius 1 is 1.25 bits per heavy atom. The highest BCUT2D eigenvalue weighted by molar-refractivity contribution is 7.89. The summed E-state index contributed by atoms with van der Waals surface area (Å²) < 4.78 is 38.4. The van der Waals surface area contributed by atoms with E-state index in [1.807, 2.05) is 27.7 Å². The average Bonchev–Trinajstić information content (AvgIpc) is 2.33. The molecule has 1 N–H and O–H groups in total. The lowest BCUT2D eigenvalue weighted by atomic mass is 10.1. The quantitative estimate of drug-likeness (QED) is 0.924. The molecule has 2 atom stereocenters. The lowest BCUT2D eigenvalue weighted by molar-refractivity contribution is -0.276. The van der Waals surface area contributed by atoms with E-state index in [1.54, 1.807) is 24.3 Å². The number of hydrogen-bond donors (Lipinski definition) is 1. The summed E-state index contributed by atoms with van der Waals surface area (Å²) in [5, 5.41) is 0. The molecule has 0 aliphatic carbocycles. The molecule has 0 saturated carbocycles. The number of benzene rings is 1. The molecule has 0 unspecified atom stereocenters. The Morgan fingerprint density at radius 2 is 1.85 bits per heavy atom. The number of ether oxygens (including phenoxy) is 2. The van der Waals surface area contributed by atoms with E-state index in [9.17, 15) is 8.42 Å². The van der Waals surface area contributed by atoms with Crippen LogP contribution in [-0.4, -0.2) is 33.0 Å². The van der Waals surface area contributed by atoms with Gasteiger partial charge in [-0.15, -0.1) is 0 Å². The zero-order valence-corrected chi connectivity index (χ0v) is 13.0. The molecule has 6 heteroatoms. The van der Waals surface area contributed by atoms with E-state index < -0.39 is 21.9 Å². The third kappa shape index (κ3) is 3.58. The summed E-state index contributed by atoms with van der Waals surface area (Å²) in [4.78, 5) is 0.250. The normalized spacial score (nSPS) is 26.4. The second-order valence-electron chi connectivity index (χ2n) is 5.57. The predicted molar refractivity (Wildman–Crippen MR) is 75.9 cm³/mol. The maximum Gasteiger partial charge on any atom is 0.240 e. The van der Waals surface area contributed by atoms with Gasteiger partial charge in [-0.3, -0.25) is 0 Å². The van der Waals surface area contributed by atoms with Gasteiger partial charge in [0.05, 0.1) is 23.6 Å². The Bertz CT molecular complexity index is 565. The lowest BCUT2D eigenvalue weighted by Gasteiger charge is -2.39. The SMILES string of the molecule is Cc1ccc(S(=O)(=O)N[C@@H]2COC(C)(C)O[C@@H]2C)cc1. The minimum Gasteiger partial charge on any atom is -0.349 e. The van der Waals surface area contributed by atoms with Crippen molar-refractivity contribution in [1.82, 2.24) is 4.72 Å². The summed E-state index contributed by atoms with van der Waals surface area (Å²) in [5.41, 5.74) is 1.02. The predicted octanol–water partition coefficient (Wildman–Crippen LogP) is 1.81. The highest BCUT2D eigenvalue weighted by Crippen LogP contribution is 2.23. The standard InChI is InChI=1S/C14H21NO4S/c1-10-5-7-12(8-6-10)20(16,17)15-13-9-18-14(3,4)19-11(13)2/h5-8,11,13,15H,9H2,1-4H3/t11-,13-/m1/s1. The van der Waals surface area contributed by atoms with Crippen molar-refractivity contribution >= 4 is 10.0 Å². The fourth-order valence-electron chi connectivity index (χ4n) is 2.10. The van der Waals surface area contributed by atoms with Crippen LogP contribution < -0.4 is 4.72 Å². The molecule has 0 bridgehead atoms. The maximum atomic E-state index is 12.3. The molecule has 2 rings (SSSR count). The minimum absolute atomic E-state index is 0.250. The molecule has 1 saturated heterocycles. The van der Waals surface area contributed by atoms with Crippen molar-refractivity contribution in [2.75, 3.05) is 6.61 Å². The molecule has 20 heavy (non-hydrogen) atoms. The number of rotatable bonds is 3. The molecule has 1 aliphatic rings. The molecule has 1 fully saturated rings. The topological polar surface area (TPSA) is 64.6 Å². The summed E-state index contributed by atoms with van der Waals surface area (Å²) in [7, 11) is -3.56. The van der Waals surface area contributed by atoms with Gasteiger partial charge in [0.1, 0.15) is 0 Å². The van der Waals surface area contributed by atoms with Crippen LogP contribution in [0.1, 0.15) is 26.3 Å². The third-order valence-electron chi connectivity index (χ3n) is 3.28. The fourth-order valence-corrected chi connectivity index (χ4v) is 3.39. The average molecular weight is 299 g/mol. The van der Waals surface area contributed by atoms with Crippen LogP contribution in [0, 0.1) is 6.92 Å². The molecule has 0 amide bonds. The summed E-state index contributed by atoms with van der Waals surface area (Å²) >= 11 is 0. The first-order chi connectivity index (χ1) is 9.20. The van der Waals surface area contributed by atoms with Crippen LogP contribution in [0.5, 0.6) is 0 Å². The van der Waals surface area contributed by atoms with Gasteiger partial charge in [-0.05, 0) is 39.8 Å². The molecule has 0 radical (unpaired) electrons. The Hall–Kier alpha value is -0.950. The number of aryl methyl sites for hydroxylation is 1. The van der Waals surface area contributed by atoms with Crippen LogP contribution in [-0.2, 0) is 19.5 Å². The first kappa shape index (κ1) is 15.4. The zero-order chi connectivity index (χ0) is 15.0. The van der Waals surface area contributed by atoms with Crippen molar-refractivity contribution in [2.24, 2.45) is 0 Å². The van der Waals surface area contributed by atoms with Crippen molar-refractivity contribution < 1.29 is 17.9 Å². The first-order valence-electron chi connectivity index (χ1n) is 6.60. The van der Waals surface area contributed by atoms with Gasteiger partial charge < -0.3 is 9.47 Å². The molecule has 5 nitrogen and oxygen atoms in total. The molecule has 1 heterocycles. The maximum absolute atomic E-state index is 12.3. The second kappa shape index (κ2) is 5.44. The molecular weight excluding hydrogens is 278 g/mol. The van der Waals surface area contributed by atoms with Crippen molar-refractivity contribution in [3.05, 3.63) is 29.8 Å². The fraction of sp³-hybridized carbons (Fsp3) is 0.571. The Morgan fingerprint density at radius 3 is 2.40 bits per heavy atom. The van der Waals surface area contributed by atoms with E-state index in [1.165, 1.54) is 0 Å². The largest absolute Gasteiger partial charge is 0.349 e. The van der Waals surface area contributed by atoms with Crippen molar-refractivity contribution in [1.29, 1.82) is 0 Å². The van der Waals surface area contributed by atoms with E-state index in [4.69, 9.17) is 9.47 Å². The van der Waals surface area contributed by atoms with E-state index in [2.05, 4.69) is 4.72 Å². The van der Waals surface area contributed by atoms with Gasteiger partial charge in [-0.2, -0.15) is 0 Å². The van der Waals surface area contributed by atoms with Crippen molar-refractivity contribution in [3.63, 3.8) is 0 Å². The molecule has 1 aromatic rings. The number of hydrogen-bond acceptors (Lipinski definition) is 4. The van der Waals surface area contributed by atoms with Gasteiger partial charge in [0.15, 0.2) is 5.79 Å². The van der Waals surface area contributed by atoms with Gasteiger partial charge in [0.2, 0.25) is 10.0 Å². The van der Waals surface area contributed by atoms with Crippen molar-refractivity contribution in [2.45, 2.75) is 50.5 Å². The summed E-state index contributed by atoms with van der Waals surface area (Å²) in [6, 6.07) is 6.34. The third-order valence-corrected chi connectivity index (χ3v) is 4.79. The van der Waals surface area contributed by atoms with Gasteiger partial charge in [0, 0.05) is 0 Å². The summed E-state index contributed by atoms with van der Waals surface area (Å²) in [6.07, 6.45) is -0.251. The molecule has 112 valence electrons. The molecule has 1 aromatic carbocycles. The van der Waals surface area contributed by atoms with Crippen LogP contribution in [0.4, 0.5) is 0 Å². The second-order valence-corrected chi connectivity index (χ2v) is 7.29. The number of nitrogens with one attached hydrogen (secondary N) is 1. The van der Waals surface area contributed by atoms with Gasteiger partial charge in [-0.25, -0.2) is 13.1 Å². The smallest absolute Gasteiger partial charge is 0.240 e. The van der Waals surface area contributed by atoms with E-state index >= 15 is 0 Å². The first-order valence-corrected chi connectivity index (χ1v) is 8.09. The van der Waals surface area contributed by atoms with Crippen LogP contribution in [0.3, 0.4) is 0 Å². The summed E-state index contributed by atoms with van der Waals surface area (Å²) in [6.45, 7) is 7.67. The van der Waals surface area contributed by atoms with Crippen LogP contribution in [0.2, 0.25) is 0 Å². The highest BCUT2D eigenvalue weighted by atomic mass is 32.2. The van der Waals surface area contributed by atoms with Gasteiger partial charge >= 0.3 is 0 Å². The minimum atomic E-state index is -3.56. The Kier molecular flexibility index (Phi) is 4.20. The lowest BCUT2D eigenvalue weighted by Crippen LogP contribution is -2.54. The monoisotopic (exact) mass is 299 g/mol. The van der Waals surface area contributed by atoms with Crippen LogP contribution >= 0.6 is 0 Å². The van der Waals surface area contributed by atoms with E-state index in [0.29, 0.717) is 6.61 Å². The van der Waals surface area contributed by atoms with Gasteiger partial charge in [0.25, 0.3) is 0 Å². The molecule has 0 spiro atoms. The molecular formula is C14H21NO4S. The molecule has 1 aliphatic heterocycles.